The van der Waals surface area contributed by atoms with E-state index >= 15 is 0 Å². The van der Waals surface area contributed by atoms with Crippen LogP contribution in [0.1, 0.15) is 5.56 Å². The first kappa shape index (κ1) is 23.1. The molecule has 0 aliphatic carbocycles. The molecular formula is C21H23ClN2O6S. The molecule has 0 radical (unpaired) electrons. The van der Waals surface area contributed by atoms with Gasteiger partial charge in [-0.2, -0.15) is 4.31 Å². The molecule has 1 aliphatic heterocycles. The highest BCUT2D eigenvalue weighted by Crippen LogP contribution is 2.29. The Morgan fingerprint density at radius 2 is 1.77 bits per heavy atom. The molecule has 3 rings (SSSR count). The van der Waals surface area contributed by atoms with Crippen LogP contribution in [0.15, 0.2) is 47.4 Å². The topological polar surface area (TPSA) is 94.2 Å². The summed E-state index contributed by atoms with van der Waals surface area (Å²) in [4.78, 5) is 12.4. The maximum atomic E-state index is 13.1. The van der Waals surface area contributed by atoms with Crippen LogP contribution in [0, 0.1) is 0 Å². The van der Waals surface area contributed by atoms with Crippen LogP contribution in [0.2, 0.25) is 5.02 Å². The zero-order valence-electron chi connectivity index (χ0n) is 17.1. The molecular weight excluding hydrogens is 444 g/mol. The number of methoxy groups -OCH3 is 2. The predicted molar refractivity (Wildman–Crippen MR) is 118 cm³/mol. The molecule has 1 N–H and O–H groups in total. The zero-order chi connectivity index (χ0) is 22.4. The summed E-state index contributed by atoms with van der Waals surface area (Å²) in [5, 5.41) is 3.14. The standard InChI is InChI=1S/C21H23ClN2O6S/c1-28-18-7-5-16(22)14-17(18)23-21(25)8-4-15-3-6-19(29-2)20(13-15)31(26,27)24-9-11-30-12-10-24/h3-8,13-14H,9-12H2,1-2H3,(H,23,25)/b8-4+. The smallest absolute Gasteiger partial charge is 0.248 e. The fourth-order valence-electron chi connectivity index (χ4n) is 3.05. The van der Waals surface area contributed by atoms with E-state index in [1.165, 1.54) is 36.7 Å². The summed E-state index contributed by atoms with van der Waals surface area (Å²) in [7, 11) is -0.865. The number of hydrogen-bond donors (Lipinski definition) is 1. The third kappa shape index (κ3) is 5.56. The Morgan fingerprint density at radius 3 is 2.45 bits per heavy atom. The predicted octanol–water partition coefficient (Wildman–Crippen LogP) is 3.03. The van der Waals surface area contributed by atoms with Crippen LogP contribution in [0.3, 0.4) is 0 Å². The lowest BCUT2D eigenvalue weighted by atomic mass is 10.2. The number of sulfonamides is 1. The number of halogens is 1. The quantitative estimate of drug-likeness (QED) is 0.630. The zero-order valence-corrected chi connectivity index (χ0v) is 18.7. The van der Waals surface area contributed by atoms with Gasteiger partial charge in [0.25, 0.3) is 0 Å². The molecule has 166 valence electrons. The first-order chi connectivity index (χ1) is 14.8. The van der Waals surface area contributed by atoms with E-state index in [0.717, 1.165) is 0 Å². The highest BCUT2D eigenvalue weighted by Gasteiger charge is 2.29. The number of morpholine rings is 1. The number of amides is 1. The van der Waals surface area contributed by atoms with E-state index in [0.29, 0.717) is 35.2 Å². The fourth-order valence-corrected chi connectivity index (χ4v) is 4.82. The molecule has 1 heterocycles. The third-order valence-electron chi connectivity index (χ3n) is 4.62. The minimum atomic E-state index is -3.77. The SMILES string of the molecule is COc1ccc(Cl)cc1NC(=O)/C=C/c1ccc(OC)c(S(=O)(=O)N2CCOCC2)c1. The Bertz CT molecular complexity index is 1080. The van der Waals surface area contributed by atoms with Gasteiger partial charge in [0.15, 0.2) is 0 Å². The Balaban J connectivity index is 1.82. The van der Waals surface area contributed by atoms with Crippen molar-refractivity contribution >= 4 is 39.3 Å². The van der Waals surface area contributed by atoms with Crippen molar-refractivity contribution in [1.82, 2.24) is 4.31 Å². The van der Waals surface area contributed by atoms with Crippen LogP contribution >= 0.6 is 11.6 Å². The normalized spacial score (nSPS) is 15.1. The molecule has 0 unspecified atom stereocenters. The molecule has 0 bridgehead atoms. The first-order valence-electron chi connectivity index (χ1n) is 9.43. The van der Waals surface area contributed by atoms with Gasteiger partial charge in [-0.3, -0.25) is 4.79 Å². The number of rotatable bonds is 7. The maximum Gasteiger partial charge on any atom is 0.248 e. The molecule has 0 aromatic heterocycles. The maximum absolute atomic E-state index is 13.1. The molecule has 1 amide bonds. The lowest BCUT2D eigenvalue weighted by molar-refractivity contribution is -0.111. The number of nitrogens with one attached hydrogen (secondary N) is 1. The summed E-state index contributed by atoms with van der Waals surface area (Å²) in [6, 6.07) is 9.58. The summed E-state index contributed by atoms with van der Waals surface area (Å²) in [6.45, 7) is 1.23. The van der Waals surface area contributed by atoms with Gasteiger partial charge in [-0.05, 0) is 42.0 Å². The molecule has 0 atom stereocenters. The lowest BCUT2D eigenvalue weighted by Gasteiger charge is -2.26. The van der Waals surface area contributed by atoms with Crippen molar-refractivity contribution in [2.75, 3.05) is 45.8 Å². The van der Waals surface area contributed by atoms with Gasteiger partial charge in [0, 0.05) is 24.2 Å². The van der Waals surface area contributed by atoms with Crippen LogP contribution in [-0.4, -0.2) is 59.2 Å². The van der Waals surface area contributed by atoms with Crippen LogP contribution in [0.25, 0.3) is 6.08 Å². The van der Waals surface area contributed by atoms with Gasteiger partial charge < -0.3 is 19.5 Å². The molecule has 1 fully saturated rings. The van der Waals surface area contributed by atoms with E-state index in [2.05, 4.69) is 5.32 Å². The minimum Gasteiger partial charge on any atom is -0.495 e. The molecule has 31 heavy (non-hydrogen) atoms. The van der Waals surface area contributed by atoms with Gasteiger partial charge in [-0.1, -0.05) is 17.7 Å². The Morgan fingerprint density at radius 1 is 1.10 bits per heavy atom. The van der Waals surface area contributed by atoms with E-state index in [1.807, 2.05) is 0 Å². The van der Waals surface area contributed by atoms with Crippen LogP contribution in [-0.2, 0) is 19.6 Å². The van der Waals surface area contributed by atoms with E-state index in [-0.39, 0.29) is 23.7 Å². The van der Waals surface area contributed by atoms with E-state index in [1.54, 1.807) is 30.3 Å². The summed E-state index contributed by atoms with van der Waals surface area (Å²) < 4.78 is 43.2. The molecule has 8 nitrogen and oxygen atoms in total. The van der Waals surface area contributed by atoms with Gasteiger partial charge in [0.1, 0.15) is 16.4 Å². The number of carbonyl (C=O) groups excluding carboxylic acids is 1. The van der Waals surface area contributed by atoms with Gasteiger partial charge in [0.2, 0.25) is 15.9 Å². The number of nitrogens with zero attached hydrogens (tertiary/aromatic N) is 1. The van der Waals surface area contributed by atoms with Crippen molar-refractivity contribution in [2.24, 2.45) is 0 Å². The minimum absolute atomic E-state index is 0.0379. The lowest BCUT2D eigenvalue weighted by Crippen LogP contribution is -2.40. The van der Waals surface area contributed by atoms with E-state index in [4.69, 9.17) is 25.8 Å². The summed E-state index contributed by atoms with van der Waals surface area (Å²) >= 11 is 5.98. The number of benzene rings is 2. The number of anilines is 1. The number of ether oxygens (including phenoxy) is 3. The average Bonchev–Trinajstić information content (AvgIpc) is 2.78. The third-order valence-corrected chi connectivity index (χ3v) is 6.78. The molecule has 0 spiro atoms. The Hall–Kier alpha value is -2.59. The molecule has 10 heteroatoms. The summed E-state index contributed by atoms with van der Waals surface area (Å²) in [5.41, 5.74) is 0.954. The van der Waals surface area contributed by atoms with Gasteiger partial charge >= 0.3 is 0 Å². The molecule has 0 saturated carbocycles. The number of carbonyl (C=O) groups is 1. The van der Waals surface area contributed by atoms with Crippen molar-refractivity contribution in [3.63, 3.8) is 0 Å². The second-order valence-electron chi connectivity index (χ2n) is 6.59. The van der Waals surface area contributed by atoms with Crippen molar-refractivity contribution in [3.8, 4) is 11.5 Å². The van der Waals surface area contributed by atoms with Crippen molar-refractivity contribution in [2.45, 2.75) is 4.90 Å². The summed E-state index contributed by atoms with van der Waals surface area (Å²) in [6.07, 6.45) is 2.82. The summed E-state index contributed by atoms with van der Waals surface area (Å²) in [5.74, 6) is 0.278. The van der Waals surface area contributed by atoms with Gasteiger partial charge in [0.05, 0.1) is 33.1 Å². The molecule has 2 aromatic rings. The van der Waals surface area contributed by atoms with Crippen molar-refractivity contribution in [3.05, 3.63) is 53.1 Å². The van der Waals surface area contributed by atoms with Crippen LogP contribution in [0.5, 0.6) is 11.5 Å². The largest absolute Gasteiger partial charge is 0.495 e. The average molecular weight is 467 g/mol. The highest BCUT2D eigenvalue weighted by molar-refractivity contribution is 7.89. The van der Waals surface area contributed by atoms with Gasteiger partial charge in [-0.15, -0.1) is 0 Å². The molecule has 1 saturated heterocycles. The van der Waals surface area contributed by atoms with Crippen LogP contribution < -0.4 is 14.8 Å². The highest BCUT2D eigenvalue weighted by atomic mass is 35.5. The molecule has 2 aromatic carbocycles. The van der Waals surface area contributed by atoms with Crippen molar-refractivity contribution < 1.29 is 27.4 Å². The van der Waals surface area contributed by atoms with Gasteiger partial charge in [-0.25, -0.2) is 8.42 Å². The van der Waals surface area contributed by atoms with Crippen molar-refractivity contribution in [1.29, 1.82) is 0 Å². The Labute approximate surface area is 186 Å². The molecule has 1 aliphatic rings. The second kappa shape index (κ2) is 10.1. The van der Waals surface area contributed by atoms with E-state index < -0.39 is 15.9 Å². The first-order valence-corrected chi connectivity index (χ1v) is 11.3. The van der Waals surface area contributed by atoms with Crippen LogP contribution in [0.4, 0.5) is 5.69 Å². The second-order valence-corrected chi connectivity index (χ2v) is 8.94. The fraction of sp³-hybridized carbons (Fsp3) is 0.286. The Kier molecular flexibility index (Phi) is 7.55. The van der Waals surface area contributed by atoms with E-state index in [9.17, 15) is 13.2 Å². The number of hydrogen-bond acceptors (Lipinski definition) is 6. The monoisotopic (exact) mass is 466 g/mol.